The van der Waals surface area contributed by atoms with E-state index in [-0.39, 0.29) is 12.4 Å². The molecule has 0 unspecified atom stereocenters. The summed E-state index contributed by atoms with van der Waals surface area (Å²) in [5.41, 5.74) is 0.677. The molecule has 3 heteroatoms. The molecule has 0 saturated carbocycles. The summed E-state index contributed by atoms with van der Waals surface area (Å²) >= 11 is 0. The minimum absolute atomic E-state index is 0.0740. The van der Waals surface area contributed by atoms with Crippen LogP contribution in [0, 0.1) is 0 Å². The third-order valence-electron chi connectivity index (χ3n) is 1.42. The molecule has 0 aliphatic carbocycles. The molecule has 0 aromatic heterocycles. The summed E-state index contributed by atoms with van der Waals surface area (Å²) in [6.45, 7) is 3.53. The maximum absolute atomic E-state index is 12.9. The molecule has 0 atom stereocenters. The van der Waals surface area contributed by atoms with Crippen LogP contribution in [0.4, 0.5) is 4.39 Å². The van der Waals surface area contributed by atoms with Crippen molar-refractivity contribution in [3.05, 3.63) is 23.7 Å². The van der Waals surface area contributed by atoms with Crippen molar-refractivity contribution in [2.45, 2.75) is 20.3 Å². The largest absolute Gasteiger partial charge is 0.392 e. The first-order valence-corrected chi connectivity index (χ1v) is 3.86. The van der Waals surface area contributed by atoms with Gasteiger partial charge in [-0.05, 0) is 25.0 Å². The summed E-state index contributed by atoms with van der Waals surface area (Å²) in [5.74, 6) is -0.305. The van der Waals surface area contributed by atoms with Crippen LogP contribution in [0.25, 0.3) is 0 Å². The second-order valence-corrected chi connectivity index (χ2v) is 2.33. The molecule has 68 valence electrons. The molecular formula is C9H14FNO. The van der Waals surface area contributed by atoms with Crippen molar-refractivity contribution in [3.63, 3.8) is 0 Å². The van der Waals surface area contributed by atoms with E-state index in [1.165, 1.54) is 12.3 Å². The normalized spacial score (nSPS) is 14.3. The van der Waals surface area contributed by atoms with Crippen molar-refractivity contribution in [2.24, 2.45) is 4.99 Å². The molecule has 0 aliphatic rings. The van der Waals surface area contributed by atoms with Crippen molar-refractivity contribution in [2.75, 3.05) is 6.61 Å². The van der Waals surface area contributed by atoms with E-state index in [9.17, 15) is 4.39 Å². The first-order chi connectivity index (χ1) is 5.72. The summed E-state index contributed by atoms with van der Waals surface area (Å²) in [6, 6.07) is 0. The molecule has 0 spiro atoms. The van der Waals surface area contributed by atoms with Gasteiger partial charge < -0.3 is 5.11 Å². The maximum Gasteiger partial charge on any atom is 0.140 e. The molecule has 0 aliphatic heterocycles. The molecule has 0 amide bonds. The van der Waals surface area contributed by atoms with E-state index in [0.29, 0.717) is 12.0 Å². The van der Waals surface area contributed by atoms with Crippen LogP contribution in [0.5, 0.6) is 0 Å². The average Bonchev–Trinajstić information content (AvgIpc) is 2.10. The first-order valence-electron chi connectivity index (χ1n) is 3.86. The topological polar surface area (TPSA) is 32.6 Å². The number of hydrogen-bond donors (Lipinski definition) is 1. The Morgan fingerprint density at radius 2 is 2.25 bits per heavy atom. The van der Waals surface area contributed by atoms with Gasteiger partial charge >= 0.3 is 0 Å². The summed E-state index contributed by atoms with van der Waals surface area (Å²) in [6.07, 6.45) is 4.63. The van der Waals surface area contributed by atoms with Gasteiger partial charge in [0.25, 0.3) is 0 Å². The molecule has 0 saturated heterocycles. The monoisotopic (exact) mass is 171 g/mol. The highest BCUT2D eigenvalue weighted by Crippen LogP contribution is 2.06. The molecule has 0 aromatic carbocycles. The standard InChI is InChI=1S/C9H14FNO/c1-3-8(2)9(10)7-11-5-4-6-12/h4-5,7,12H,3,6H2,1-2H3/b5-4+,9-8+,11-7-. The Labute approximate surface area is 72.1 Å². The van der Waals surface area contributed by atoms with Crippen LogP contribution < -0.4 is 0 Å². The van der Waals surface area contributed by atoms with Crippen LogP contribution in [0.2, 0.25) is 0 Å². The Morgan fingerprint density at radius 3 is 2.75 bits per heavy atom. The molecule has 2 nitrogen and oxygen atoms in total. The number of halogens is 1. The third-order valence-corrected chi connectivity index (χ3v) is 1.42. The number of rotatable bonds is 4. The number of aliphatic imine (C=N–C) groups is 1. The Kier molecular flexibility index (Phi) is 6.19. The Morgan fingerprint density at radius 1 is 1.58 bits per heavy atom. The first kappa shape index (κ1) is 11.0. The SMILES string of the molecule is CC\C(C)=C(F)/C=N\C=C\CO. The minimum atomic E-state index is -0.305. The Bertz CT molecular complexity index is 207. The fraction of sp³-hybridized carbons (Fsp3) is 0.444. The number of aliphatic hydroxyl groups is 1. The van der Waals surface area contributed by atoms with E-state index in [4.69, 9.17) is 5.11 Å². The van der Waals surface area contributed by atoms with Crippen LogP contribution in [-0.2, 0) is 0 Å². The highest BCUT2D eigenvalue weighted by molar-refractivity contribution is 5.77. The number of nitrogens with zero attached hydrogens (tertiary/aromatic N) is 1. The second-order valence-electron chi connectivity index (χ2n) is 2.33. The lowest BCUT2D eigenvalue weighted by Crippen LogP contribution is -1.81. The van der Waals surface area contributed by atoms with E-state index in [0.717, 1.165) is 6.21 Å². The highest BCUT2D eigenvalue weighted by Gasteiger charge is 1.93. The summed E-state index contributed by atoms with van der Waals surface area (Å²) in [5, 5.41) is 8.32. The van der Waals surface area contributed by atoms with Gasteiger partial charge in [0.15, 0.2) is 0 Å². The fourth-order valence-electron chi connectivity index (χ4n) is 0.496. The summed E-state index contributed by atoms with van der Waals surface area (Å²) < 4.78 is 12.9. The fourth-order valence-corrected chi connectivity index (χ4v) is 0.496. The summed E-state index contributed by atoms with van der Waals surface area (Å²) in [7, 11) is 0. The van der Waals surface area contributed by atoms with E-state index in [2.05, 4.69) is 4.99 Å². The molecule has 0 bridgehead atoms. The molecule has 0 rings (SSSR count). The predicted octanol–water partition coefficient (Wildman–Crippen LogP) is 2.22. The van der Waals surface area contributed by atoms with Crippen molar-refractivity contribution in [1.29, 1.82) is 0 Å². The molecule has 0 fully saturated rings. The van der Waals surface area contributed by atoms with Gasteiger partial charge in [0.1, 0.15) is 5.83 Å². The lowest BCUT2D eigenvalue weighted by molar-refractivity contribution is 0.342. The van der Waals surface area contributed by atoms with Crippen LogP contribution in [0.3, 0.4) is 0 Å². The number of allylic oxidation sites excluding steroid dienone is 2. The molecular weight excluding hydrogens is 157 g/mol. The zero-order valence-electron chi connectivity index (χ0n) is 7.42. The van der Waals surface area contributed by atoms with E-state index >= 15 is 0 Å². The third kappa shape index (κ3) is 4.79. The molecule has 1 N–H and O–H groups in total. The van der Waals surface area contributed by atoms with Gasteiger partial charge in [-0.25, -0.2) is 4.39 Å². The quantitative estimate of drug-likeness (QED) is 0.646. The van der Waals surface area contributed by atoms with E-state index < -0.39 is 0 Å². The van der Waals surface area contributed by atoms with Crippen molar-refractivity contribution in [3.8, 4) is 0 Å². The van der Waals surface area contributed by atoms with Gasteiger partial charge in [-0.15, -0.1) is 0 Å². The molecule has 0 radical (unpaired) electrons. The van der Waals surface area contributed by atoms with Crippen molar-refractivity contribution in [1.82, 2.24) is 0 Å². The van der Waals surface area contributed by atoms with E-state index in [1.54, 1.807) is 6.92 Å². The van der Waals surface area contributed by atoms with Crippen molar-refractivity contribution < 1.29 is 9.50 Å². The smallest absolute Gasteiger partial charge is 0.140 e. The van der Waals surface area contributed by atoms with E-state index in [1.807, 2.05) is 6.92 Å². The van der Waals surface area contributed by atoms with Gasteiger partial charge in [-0.2, -0.15) is 0 Å². The molecule has 12 heavy (non-hydrogen) atoms. The zero-order valence-corrected chi connectivity index (χ0v) is 7.42. The van der Waals surface area contributed by atoms with Gasteiger partial charge in [0.2, 0.25) is 0 Å². The van der Waals surface area contributed by atoms with Gasteiger partial charge in [-0.3, -0.25) is 4.99 Å². The van der Waals surface area contributed by atoms with Crippen LogP contribution in [-0.4, -0.2) is 17.9 Å². The van der Waals surface area contributed by atoms with Gasteiger partial charge in [-0.1, -0.05) is 6.92 Å². The molecule has 0 heterocycles. The average molecular weight is 171 g/mol. The minimum Gasteiger partial charge on any atom is -0.392 e. The second kappa shape index (κ2) is 6.73. The van der Waals surface area contributed by atoms with Gasteiger partial charge in [0.05, 0.1) is 12.8 Å². The predicted molar refractivity (Wildman–Crippen MR) is 48.8 cm³/mol. The lowest BCUT2D eigenvalue weighted by Gasteiger charge is -1.92. The molecule has 0 aromatic rings. The number of hydrogen-bond acceptors (Lipinski definition) is 2. The van der Waals surface area contributed by atoms with Gasteiger partial charge in [0, 0.05) is 6.20 Å². The Hall–Kier alpha value is -0.960. The highest BCUT2D eigenvalue weighted by atomic mass is 19.1. The van der Waals surface area contributed by atoms with Crippen LogP contribution in [0.1, 0.15) is 20.3 Å². The zero-order chi connectivity index (χ0) is 9.40. The van der Waals surface area contributed by atoms with Crippen LogP contribution in [0.15, 0.2) is 28.7 Å². The Balaban J connectivity index is 4.07. The summed E-state index contributed by atoms with van der Waals surface area (Å²) in [4.78, 5) is 3.63. The number of aliphatic hydroxyl groups excluding tert-OH is 1. The maximum atomic E-state index is 12.9. The van der Waals surface area contributed by atoms with Crippen molar-refractivity contribution >= 4 is 6.21 Å². The lowest BCUT2D eigenvalue weighted by atomic mass is 10.2. The van der Waals surface area contributed by atoms with Crippen LogP contribution >= 0.6 is 0 Å².